The molecule has 1 saturated carbocycles. The first-order valence-electron chi connectivity index (χ1n) is 4.60. The molecule has 0 saturated heterocycles. The fourth-order valence-electron chi connectivity index (χ4n) is 1.67. The molecule has 1 aliphatic rings. The molecule has 0 aliphatic heterocycles. The van der Waals surface area contributed by atoms with Crippen molar-refractivity contribution in [2.75, 3.05) is 7.11 Å². The van der Waals surface area contributed by atoms with Gasteiger partial charge in [-0.25, -0.2) is 0 Å². The molecule has 0 heterocycles. The minimum Gasteiger partial charge on any atom is -0.495 e. The highest BCUT2D eigenvalue weighted by atomic mass is 35.5. The molecule has 0 aromatic heterocycles. The number of ether oxygens (including phenoxy) is 1. The van der Waals surface area contributed by atoms with Crippen molar-refractivity contribution in [1.82, 2.24) is 0 Å². The van der Waals surface area contributed by atoms with Gasteiger partial charge in [-0.1, -0.05) is 29.3 Å². The molecule has 0 amide bonds. The van der Waals surface area contributed by atoms with E-state index in [9.17, 15) is 0 Å². The van der Waals surface area contributed by atoms with Gasteiger partial charge in [-0.05, 0) is 18.1 Å². The Hall–Kier alpha value is -0.910. The smallest absolute Gasteiger partial charge is 0.138 e. The molecule has 2 unspecified atom stereocenters. The molecular weight excluding hydrogens is 233 g/mol. The van der Waals surface area contributed by atoms with Crippen molar-refractivity contribution in [2.45, 2.75) is 12.3 Å². The highest BCUT2D eigenvalue weighted by molar-refractivity contribution is 6.43. The standard InChI is InChI=1S/C11H9Cl2NO/c1-15-9-3-2-7(10(12)11(9)13)8-4-6(8)5-14/h2-3,6,8H,4H2,1H3. The first-order chi connectivity index (χ1) is 7.19. The third kappa shape index (κ3) is 1.78. The zero-order chi connectivity index (χ0) is 11.0. The van der Waals surface area contributed by atoms with Gasteiger partial charge in [0.1, 0.15) is 10.8 Å². The topological polar surface area (TPSA) is 33.0 Å². The van der Waals surface area contributed by atoms with Gasteiger partial charge in [0.15, 0.2) is 0 Å². The number of rotatable bonds is 2. The van der Waals surface area contributed by atoms with E-state index in [2.05, 4.69) is 6.07 Å². The van der Waals surface area contributed by atoms with Gasteiger partial charge in [-0.3, -0.25) is 0 Å². The van der Waals surface area contributed by atoms with Crippen molar-refractivity contribution in [1.29, 1.82) is 5.26 Å². The van der Waals surface area contributed by atoms with Crippen LogP contribution in [0.15, 0.2) is 12.1 Å². The predicted molar refractivity (Wildman–Crippen MR) is 59.5 cm³/mol. The maximum Gasteiger partial charge on any atom is 0.138 e. The lowest BCUT2D eigenvalue weighted by Gasteiger charge is -2.08. The summed E-state index contributed by atoms with van der Waals surface area (Å²) >= 11 is 12.1. The van der Waals surface area contributed by atoms with Gasteiger partial charge in [-0.2, -0.15) is 5.26 Å². The molecule has 2 rings (SSSR count). The molecule has 1 aromatic rings. The summed E-state index contributed by atoms with van der Waals surface area (Å²) in [6.45, 7) is 0. The monoisotopic (exact) mass is 241 g/mol. The Morgan fingerprint density at radius 3 is 2.67 bits per heavy atom. The summed E-state index contributed by atoms with van der Waals surface area (Å²) in [6.07, 6.45) is 0.874. The lowest BCUT2D eigenvalue weighted by molar-refractivity contribution is 0.415. The maximum absolute atomic E-state index is 8.75. The van der Waals surface area contributed by atoms with Crippen LogP contribution in [0.2, 0.25) is 10.0 Å². The Morgan fingerprint density at radius 2 is 2.13 bits per heavy atom. The number of methoxy groups -OCH3 is 1. The number of halogens is 2. The van der Waals surface area contributed by atoms with Gasteiger partial charge in [0.25, 0.3) is 0 Å². The Labute approximate surface area is 98.4 Å². The van der Waals surface area contributed by atoms with E-state index >= 15 is 0 Å². The molecule has 0 spiro atoms. The maximum atomic E-state index is 8.75. The molecule has 1 aromatic carbocycles. The van der Waals surface area contributed by atoms with Crippen LogP contribution in [0.4, 0.5) is 0 Å². The summed E-state index contributed by atoms with van der Waals surface area (Å²) in [5.74, 6) is 0.900. The lowest BCUT2D eigenvalue weighted by atomic mass is 10.1. The molecule has 2 atom stereocenters. The molecule has 0 N–H and O–H groups in total. The van der Waals surface area contributed by atoms with Gasteiger partial charge < -0.3 is 4.74 Å². The van der Waals surface area contributed by atoms with Crippen LogP contribution in [0.3, 0.4) is 0 Å². The molecule has 1 fully saturated rings. The second-order valence-corrected chi connectivity index (χ2v) is 4.32. The van der Waals surface area contributed by atoms with Crippen molar-refractivity contribution >= 4 is 23.2 Å². The number of benzene rings is 1. The largest absolute Gasteiger partial charge is 0.495 e. The van der Waals surface area contributed by atoms with Gasteiger partial charge in [0.2, 0.25) is 0 Å². The zero-order valence-corrected chi connectivity index (χ0v) is 9.64. The summed E-state index contributed by atoms with van der Waals surface area (Å²) in [6, 6.07) is 5.90. The van der Waals surface area contributed by atoms with Crippen LogP contribution >= 0.6 is 23.2 Å². The molecule has 4 heteroatoms. The second-order valence-electron chi connectivity index (χ2n) is 3.56. The van der Waals surface area contributed by atoms with E-state index in [0.29, 0.717) is 15.8 Å². The summed E-state index contributed by atoms with van der Waals surface area (Å²) < 4.78 is 5.05. The molecule has 78 valence electrons. The van der Waals surface area contributed by atoms with E-state index in [1.54, 1.807) is 13.2 Å². The number of hydrogen-bond acceptors (Lipinski definition) is 2. The molecule has 2 nitrogen and oxygen atoms in total. The molecule has 1 aliphatic carbocycles. The quantitative estimate of drug-likeness (QED) is 0.793. The van der Waals surface area contributed by atoms with Gasteiger partial charge in [0.05, 0.1) is 24.1 Å². The van der Waals surface area contributed by atoms with Gasteiger partial charge in [0, 0.05) is 5.92 Å². The third-order valence-electron chi connectivity index (χ3n) is 2.65. The zero-order valence-electron chi connectivity index (χ0n) is 8.13. The van der Waals surface area contributed by atoms with Crippen molar-refractivity contribution in [3.63, 3.8) is 0 Å². The summed E-state index contributed by atoms with van der Waals surface area (Å²) in [5.41, 5.74) is 0.953. The fraction of sp³-hybridized carbons (Fsp3) is 0.364. The highest BCUT2D eigenvalue weighted by Gasteiger charge is 2.40. The van der Waals surface area contributed by atoms with Crippen LogP contribution in [0.5, 0.6) is 5.75 Å². The lowest BCUT2D eigenvalue weighted by Crippen LogP contribution is -1.89. The van der Waals surface area contributed by atoms with Crippen LogP contribution in [-0.2, 0) is 0 Å². The first-order valence-corrected chi connectivity index (χ1v) is 5.36. The highest BCUT2D eigenvalue weighted by Crippen LogP contribution is 2.51. The number of nitriles is 1. The van der Waals surface area contributed by atoms with Crippen molar-refractivity contribution in [2.24, 2.45) is 5.92 Å². The minimum atomic E-state index is 0.0898. The van der Waals surface area contributed by atoms with Crippen molar-refractivity contribution < 1.29 is 4.74 Å². The normalized spacial score (nSPS) is 23.3. The van der Waals surface area contributed by atoms with E-state index in [0.717, 1.165) is 12.0 Å². The van der Waals surface area contributed by atoms with Crippen LogP contribution in [0, 0.1) is 17.2 Å². The van der Waals surface area contributed by atoms with Crippen molar-refractivity contribution in [3.8, 4) is 11.8 Å². The summed E-state index contributed by atoms with van der Waals surface area (Å²) in [5, 5.41) is 9.69. The van der Waals surface area contributed by atoms with Crippen LogP contribution in [-0.4, -0.2) is 7.11 Å². The Bertz CT molecular complexity index is 439. The molecule has 0 radical (unpaired) electrons. The van der Waals surface area contributed by atoms with E-state index in [4.69, 9.17) is 33.2 Å². The number of hydrogen-bond donors (Lipinski definition) is 0. The molecular formula is C11H9Cl2NO. The Balaban J connectivity index is 2.36. The average molecular weight is 242 g/mol. The van der Waals surface area contributed by atoms with E-state index in [-0.39, 0.29) is 11.8 Å². The summed E-state index contributed by atoms with van der Waals surface area (Å²) in [7, 11) is 1.55. The summed E-state index contributed by atoms with van der Waals surface area (Å²) in [4.78, 5) is 0. The molecule has 0 bridgehead atoms. The van der Waals surface area contributed by atoms with E-state index < -0.39 is 0 Å². The SMILES string of the molecule is COc1ccc(C2CC2C#N)c(Cl)c1Cl. The van der Waals surface area contributed by atoms with Crippen LogP contribution in [0.1, 0.15) is 17.9 Å². The third-order valence-corrected chi connectivity index (χ3v) is 3.53. The van der Waals surface area contributed by atoms with E-state index in [1.807, 2.05) is 6.07 Å². The fourth-order valence-corrected chi connectivity index (χ4v) is 2.22. The first kappa shape index (κ1) is 10.6. The molecule has 15 heavy (non-hydrogen) atoms. The van der Waals surface area contributed by atoms with E-state index in [1.165, 1.54) is 0 Å². The van der Waals surface area contributed by atoms with Crippen LogP contribution < -0.4 is 4.74 Å². The van der Waals surface area contributed by atoms with Crippen molar-refractivity contribution in [3.05, 3.63) is 27.7 Å². The van der Waals surface area contributed by atoms with Gasteiger partial charge >= 0.3 is 0 Å². The predicted octanol–water partition coefficient (Wildman–Crippen LogP) is 3.63. The second kappa shape index (κ2) is 3.92. The Kier molecular flexibility index (Phi) is 2.77. The average Bonchev–Trinajstić information content (AvgIpc) is 3.01. The van der Waals surface area contributed by atoms with Gasteiger partial charge in [-0.15, -0.1) is 0 Å². The minimum absolute atomic E-state index is 0.0898. The van der Waals surface area contributed by atoms with Crippen LogP contribution in [0.25, 0.3) is 0 Å². The number of nitrogens with zero attached hydrogens (tertiary/aromatic N) is 1. The Morgan fingerprint density at radius 1 is 1.40 bits per heavy atom.